The Hall–Kier alpha value is -0.830. The molecular weight excluding hydrogens is 258 g/mol. The Morgan fingerprint density at radius 1 is 1.43 bits per heavy atom. The molecule has 1 heterocycles. The molecule has 0 aromatic carbocycles. The third kappa shape index (κ3) is 4.32. The lowest BCUT2D eigenvalue weighted by molar-refractivity contribution is 0.0946. The van der Waals surface area contributed by atoms with Crippen LogP contribution in [0.4, 0.5) is 0 Å². The summed E-state index contributed by atoms with van der Waals surface area (Å²) in [6.45, 7) is 8.35. The van der Waals surface area contributed by atoms with Gasteiger partial charge in [-0.1, -0.05) is 33.6 Å². The van der Waals surface area contributed by atoms with E-state index in [0.29, 0.717) is 11.5 Å². The molecule has 1 aliphatic rings. The summed E-state index contributed by atoms with van der Waals surface area (Å²) in [7, 11) is 2.05. The standard InChI is InChI=1S/C18H33N3/c1-5-13-19-17(10-9-15-11-14-20-21(15)4)16-8-6-7-12-18(16,2)3/h11,14,16-17,19H,5-10,12-13H2,1-4H3. The van der Waals surface area contributed by atoms with Gasteiger partial charge in [0.2, 0.25) is 0 Å². The normalized spacial score (nSPS) is 23.1. The van der Waals surface area contributed by atoms with Crippen molar-refractivity contribution in [3.05, 3.63) is 18.0 Å². The highest BCUT2D eigenvalue weighted by Gasteiger charge is 2.36. The Morgan fingerprint density at radius 3 is 2.86 bits per heavy atom. The largest absolute Gasteiger partial charge is 0.314 e. The number of nitrogens with zero attached hydrogens (tertiary/aromatic N) is 2. The molecule has 120 valence electrons. The van der Waals surface area contributed by atoms with Crippen LogP contribution in [0.15, 0.2) is 12.3 Å². The Balaban J connectivity index is 2.01. The zero-order valence-corrected chi connectivity index (χ0v) is 14.4. The molecule has 1 aromatic rings. The van der Waals surface area contributed by atoms with Crippen molar-refractivity contribution in [1.29, 1.82) is 0 Å². The van der Waals surface area contributed by atoms with Gasteiger partial charge in [-0.2, -0.15) is 5.10 Å². The van der Waals surface area contributed by atoms with Crippen LogP contribution in [0.1, 0.15) is 65.0 Å². The Labute approximate surface area is 130 Å². The first kappa shape index (κ1) is 16.5. The summed E-state index contributed by atoms with van der Waals surface area (Å²) in [5.74, 6) is 0.811. The fourth-order valence-electron chi connectivity index (χ4n) is 3.99. The van der Waals surface area contributed by atoms with Crippen LogP contribution in [0.25, 0.3) is 0 Å². The van der Waals surface area contributed by atoms with E-state index in [4.69, 9.17) is 0 Å². The average Bonchev–Trinajstić information content (AvgIpc) is 2.85. The Kier molecular flexibility index (Phi) is 5.86. The summed E-state index contributed by atoms with van der Waals surface area (Å²) in [6, 6.07) is 2.80. The first-order chi connectivity index (χ1) is 10.0. The van der Waals surface area contributed by atoms with Crippen LogP contribution in [0.2, 0.25) is 0 Å². The molecular formula is C18H33N3. The highest BCUT2D eigenvalue weighted by atomic mass is 15.2. The molecule has 0 bridgehead atoms. The molecule has 1 fully saturated rings. The molecule has 2 rings (SSSR count). The smallest absolute Gasteiger partial charge is 0.0492 e. The number of hydrogen-bond donors (Lipinski definition) is 1. The van der Waals surface area contributed by atoms with E-state index in [-0.39, 0.29) is 0 Å². The van der Waals surface area contributed by atoms with E-state index in [1.807, 2.05) is 17.9 Å². The summed E-state index contributed by atoms with van der Waals surface area (Å²) in [5.41, 5.74) is 1.84. The SMILES string of the molecule is CCCNC(CCc1ccnn1C)C1CCCCC1(C)C. The third-order valence-electron chi connectivity index (χ3n) is 5.37. The van der Waals surface area contributed by atoms with E-state index < -0.39 is 0 Å². The summed E-state index contributed by atoms with van der Waals surface area (Å²) in [6.07, 6.45) is 11.1. The van der Waals surface area contributed by atoms with Crippen LogP contribution >= 0.6 is 0 Å². The fourth-order valence-corrected chi connectivity index (χ4v) is 3.99. The molecule has 21 heavy (non-hydrogen) atoms. The van der Waals surface area contributed by atoms with Gasteiger partial charge in [-0.3, -0.25) is 4.68 Å². The maximum Gasteiger partial charge on any atom is 0.0492 e. The number of aromatic nitrogens is 2. The highest BCUT2D eigenvalue weighted by Crippen LogP contribution is 2.43. The second kappa shape index (κ2) is 7.44. The molecule has 0 saturated heterocycles. The van der Waals surface area contributed by atoms with Crippen molar-refractivity contribution in [3.8, 4) is 0 Å². The third-order valence-corrected chi connectivity index (χ3v) is 5.37. The Bertz CT molecular complexity index is 422. The molecule has 0 radical (unpaired) electrons. The van der Waals surface area contributed by atoms with Gasteiger partial charge in [-0.15, -0.1) is 0 Å². The predicted octanol–water partition coefficient (Wildman–Crippen LogP) is 3.94. The van der Waals surface area contributed by atoms with Gasteiger partial charge in [0, 0.05) is 25.0 Å². The van der Waals surface area contributed by atoms with Crippen molar-refractivity contribution in [1.82, 2.24) is 15.1 Å². The van der Waals surface area contributed by atoms with Crippen molar-refractivity contribution < 1.29 is 0 Å². The number of aryl methyl sites for hydroxylation is 2. The van der Waals surface area contributed by atoms with Gasteiger partial charge < -0.3 is 5.32 Å². The molecule has 0 aliphatic heterocycles. The molecule has 2 atom stereocenters. The van der Waals surface area contributed by atoms with Crippen LogP contribution in [-0.2, 0) is 13.5 Å². The van der Waals surface area contributed by atoms with Crippen molar-refractivity contribution in [3.63, 3.8) is 0 Å². The minimum atomic E-state index is 0.482. The second-order valence-electron chi connectivity index (χ2n) is 7.39. The van der Waals surface area contributed by atoms with Crippen LogP contribution in [-0.4, -0.2) is 22.4 Å². The molecule has 0 spiro atoms. The van der Waals surface area contributed by atoms with Gasteiger partial charge in [0.25, 0.3) is 0 Å². The maximum atomic E-state index is 4.29. The maximum absolute atomic E-state index is 4.29. The van der Waals surface area contributed by atoms with E-state index >= 15 is 0 Å². The molecule has 3 nitrogen and oxygen atoms in total. The molecule has 1 aliphatic carbocycles. The van der Waals surface area contributed by atoms with Crippen molar-refractivity contribution >= 4 is 0 Å². The zero-order chi connectivity index (χ0) is 15.3. The average molecular weight is 291 g/mol. The van der Waals surface area contributed by atoms with Gasteiger partial charge >= 0.3 is 0 Å². The van der Waals surface area contributed by atoms with E-state index in [1.54, 1.807) is 0 Å². The second-order valence-corrected chi connectivity index (χ2v) is 7.39. The fraction of sp³-hybridized carbons (Fsp3) is 0.833. The number of rotatable bonds is 7. The molecule has 1 aromatic heterocycles. The number of hydrogen-bond acceptors (Lipinski definition) is 2. The first-order valence-electron chi connectivity index (χ1n) is 8.75. The van der Waals surface area contributed by atoms with Crippen molar-refractivity contribution in [2.24, 2.45) is 18.4 Å². The van der Waals surface area contributed by atoms with Crippen LogP contribution in [0.3, 0.4) is 0 Å². The summed E-state index contributed by atoms with van der Waals surface area (Å²) < 4.78 is 2.02. The van der Waals surface area contributed by atoms with Gasteiger partial charge in [0.05, 0.1) is 0 Å². The molecule has 1 N–H and O–H groups in total. The first-order valence-corrected chi connectivity index (χ1v) is 8.75. The Morgan fingerprint density at radius 2 is 2.24 bits per heavy atom. The van der Waals surface area contributed by atoms with Gasteiger partial charge in [0.1, 0.15) is 0 Å². The molecule has 3 heteroatoms. The highest BCUT2D eigenvalue weighted by molar-refractivity contribution is 5.01. The van der Waals surface area contributed by atoms with E-state index in [9.17, 15) is 0 Å². The van der Waals surface area contributed by atoms with Crippen LogP contribution in [0, 0.1) is 11.3 Å². The minimum Gasteiger partial charge on any atom is -0.314 e. The predicted molar refractivity (Wildman–Crippen MR) is 89.3 cm³/mol. The van der Waals surface area contributed by atoms with Crippen LogP contribution in [0.5, 0.6) is 0 Å². The summed E-state index contributed by atoms with van der Waals surface area (Å²) in [4.78, 5) is 0. The summed E-state index contributed by atoms with van der Waals surface area (Å²) in [5, 5.41) is 8.14. The lowest BCUT2D eigenvalue weighted by Gasteiger charge is -2.43. The minimum absolute atomic E-state index is 0.482. The van der Waals surface area contributed by atoms with Gasteiger partial charge in [-0.05, 0) is 56.0 Å². The number of nitrogens with one attached hydrogen (secondary N) is 1. The van der Waals surface area contributed by atoms with E-state index in [2.05, 4.69) is 37.3 Å². The monoisotopic (exact) mass is 291 g/mol. The lowest BCUT2D eigenvalue weighted by atomic mass is 9.65. The zero-order valence-electron chi connectivity index (χ0n) is 14.4. The quantitative estimate of drug-likeness (QED) is 0.824. The van der Waals surface area contributed by atoms with Gasteiger partial charge in [0.15, 0.2) is 0 Å². The van der Waals surface area contributed by atoms with Crippen LogP contribution < -0.4 is 5.32 Å². The summed E-state index contributed by atoms with van der Waals surface area (Å²) >= 11 is 0. The van der Waals surface area contributed by atoms with Crippen molar-refractivity contribution in [2.75, 3.05) is 6.54 Å². The van der Waals surface area contributed by atoms with E-state index in [1.165, 1.54) is 44.2 Å². The topological polar surface area (TPSA) is 29.9 Å². The van der Waals surface area contributed by atoms with Gasteiger partial charge in [-0.25, -0.2) is 0 Å². The molecule has 2 unspecified atom stereocenters. The van der Waals surface area contributed by atoms with Crippen molar-refractivity contribution in [2.45, 2.75) is 71.8 Å². The molecule has 0 amide bonds. The van der Waals surface area contributed by atoms with E-state index in [0.717, 1.165) is 18.9 Å². The molecule has 1 saturated carbocycles. The lowest BCUT2D eigenvalue weighted by Crippen LogP contribution is -2.45.